The number of anilines is 2. The van der Waals surface area contributed by atoms with Gasteiger partial charge in [0.1, 0.15) is 17.2 Å². The second-order valence-corrected chi connectivity index (χ2v) is 6.78. The average molecular weight is 458 g/mol. The number of nitrogens with one attached hydrogen (secondary N) is 1. The fraction of sp³-hybridized carbons (Fsp3) is 0.105. The summed E-state index contributed by atoms with van der Waals surface area (Å²) in [6, 6.07) is 8.20. The van der Waals surface area contributed by atoms with E-state index in [4.69, 9.17) is 11.6 Å². The second kappa shape index (κ2) is 7.41. The van der Waals surface area contributed by atoms with E-state index in [1.807, 2.05) is 0 Å². The van der Waals surface area contributed by atoms with Crippen molar-refractivity contribution >= 4 is 28.8 Å². The third kappa shape index (κ3) is 4.26. The van der Waals surface area contributed by atoms with E-state index >= 15 is 0 Å². The molecule has 0 atom stereocenters. The van der Waals surface area contributed by atoms with E-state index in [0.717, 1.165) is 16.5 Å². The number of pyridine rings is 1. The van der Waals surface area contributed by atoms with Gasteiger partial charge in [0, 0.05) is 18.1 Å². The first-order valence-corrected chi connectivity index (χ1v) is 8.93. The molecule has 1 aromatic carbocycles. The van der Waals surface area contributed by atoms with Gasteiger partial charge in [-0.05, 0) is 42.5 Å². The quantitative estimate of drug-likeness (QED) is 0.371. The minimum absolute atomic E-state index is 0.00331. The summed E-state index contributed by atoms with van der Waals surface area (Å²) in [4.78, 5) is 11.6. The fourth-order valence-electron chi connectivity index (χ4n) is 2.86. The molecule has 0 aliphatic rings. The number of aromatic nitrogens is 4. The van der Waals surface area contributed by atoms with Crippen molar-refractivity contribution in [2.45, 2.75) is 12.4 Å². The van der Waals surface area contributed by atoms with E-state index in [9.17, 15) is 26.3 Å². The smallest absolute Gasteiger partial charge is 0.340 e. The third-order valence-electron chi connectivity index (χ3n) is 4.20. The highest BCUT2D eigenvalue weighted by molar-refractivity contribution is 6.30. The molecule has 0 saturated carbocycles. The molecule has 12 heteroatoms. The molecule has 0 aliphatic carbocycles. The second-order valence-electron chi connectivity index (χ2n) is 6.35. The summed E-state index contributed by atoms with van der Waals surface area (Å²) in [5.74, 6) is -0.214. The number of nitrogens with zero attached hydrogens (tertiary/aromatic N) is 4. The van der Waals surface area contributed by atoms with Gasteiger partial charge < -0.3 is 5.32 Å². The first kappa shape index (κ1) is 20.9. The molecule has 0 fully saturated rings. The molecule has 0 radical (unpaired) electrons. The lowest BCUT2D eigenvalue weighted by Gasteiger charge is -2.11. The van der Waals surface area contributed by atoms with Crippen LogP contribution >= 0.6 is 11.6 Å². The van der Waals surface area contributed by atoms with Gasteiger partial charge >= 0.3 is 12.4 Å². The van der Waals surface area contributed by atoms with Crippen LogP contribution in [0.3, 0.4) is 0 Å². The van der Waals surface area contributed by atoms with E-state index in [0.29, 0.717) is 0 Å². The van der Waals surface area contributed by atoms with E-state index in [2.05, 4.69) is 20.3 Å². The fourth-order valence-corrected chi connectivity index (χ4v) is 3.02. The Balaban J connectivity index is 1.75. The topological polar surface area (TPSA) is 55.1 Å². The Hall–Kier alpha value is -3.34. The molecule has 0 amide bonds. The van der Waals surface area contributed by atoms with Gasteiger partial charge in [0.15, 0.2) is 11.5 Å². The summed E-state index contributed by atoms with van der Waals surface area (Å²) in [5, 5.41) is 2.93. The first-order valence-electron chi connectivity index (χ1n) is 8.55. The standard InChI is InChI=1S/C19H10ClF6N5/c20-11-3-6-14-30-16(19(24,25)26)15(31(14)9-11)17-27-8-7-13(29-17)28-12-4-1-10(2-5-12)18(21,22)23/h1-9H,(H,27,28,29). The predicted octanol–water partition coefficient (Wildman–Crippen LogP) is 6.23. The van der Waals surface area contributed by atoms with Gasteiger partial charge in [0.05, 0.1) is 10.6 Å². The zero-order chi connectivity index (χ0) is 22.4. The summed E-state index contributed by atoms with van der Waals surface area (Å²) in [6.07, 6.45) is -6.79. The largest absolute Gasteiger partial charge is 0.435 e. The highest BCUT2D eigenvalue weighted by Crippen LogP contribution is 2.37. The van der Waals surface area contributed by atoms with Crippen molar-refractivity contribution in [3.8, 4) is 11.5 Å². The maximum Gasteiger partial charge on any atom is 0.435 e. The Kier molecular flexibility index (Phi) is 5.00. The summed E-state index contributed by atoms with van der Waals surface area (Å²) >= 11 is 5.92. The minimum Gasteiger partial charge on any atom is -0.340 e. The SMILES string of the molecule is FC(F)(F)c1ccc(Nc2ccnc(-c3c(C(F)(F)F)nc4ccc(Cl)cn34)n2)cc1. The number of imidazole rings is 1. The van der Waals surface area contributed by atoms with Crippen LogP contribution in [0.15, 0.2) is 54.9 Å². The molecule has 31 heavy (non-hydrogen) atoms. The number of fused-ring (bicyclic) bond motifs is 1. The van der Waals surface area contributed by atoms with Gasteiger partial charge in [-0.15, -0.1) is 0 Å². The Morgan fingerprint density at radius 1 is 0.839 bits per heavy atom. The lowest BCUT2D eigenvalue weighted by Crippen LogP contribution is -2.09. The highest BCUT2D eigenvalue weighted by atomic mass is 35.5. The van der Waals surface area contributed by atoms with Crippen molar-refractivity contribution in [3.05, 3.63) is 71.1 Å². The molecule has 0 bridgehead atoms. The van der Waals surface area contributed by atoms with Gasteiger partial charge in [-0.1, -0.05) is 11.6 Å². The first-order chi connectivity index (χ1) is 14.5. The predicted molar refractivity (Wildman–Crippen MR) is 101 cm³/mol. The molecular formula is C19H10ClF6N5. The van der Waals surface area contributed by atoms with Crippen molar-refractivity contribution in [1.29, 1.82) is 0 Å². The van der Waals surface area contributed by atoms with Crippen LogP contribution in [-0.2, 0) is 12.4 Å². The molecule has 1 N–H and O–H groups in total. The van der Waals surface area contributed by atoms with Gasteiger partial charge in [0.2, 0.25) is 0 Å². The summed E-state index contributed by atoms with van der Waals surface area (Å²) < 4.78 is 80.0. The lowest BCUT2D eigenvalue weighted by atomic mass is 10.2. The van der Waals surface area contributed by atoms with E-state index in [1.165, 1.54) is 42.7 Å². The van der Waals surface area contributed by atoms with Crippen LogP contribution < -0.4 is 5.32 Å². The molecule has 0 unspecified atom stereocenters. The van der Waals surface area contributed by atoms with Gasteiger partial charge in [0.25, 0.3) is 0 Å². The third-order valence-corrected chi connectivity index (χ3v) is 4.43. The Morgan fingerprint density at radius 2 is 1.55 bits per heavy atom. The highest BCUT2D eigenvalue weighted by Gasteiger charge is 2.39. The molecular weight excluding hydrogens is 448 g/mol. The normalized spacial score (nSPS) is 12.4. The molecule has 0 saturated heterocycles. The number of alkyl halides is 6. The van der Waals surface area contributed by atoms with Crippen LogP contribution in [-0.4, -0.2) is 19.4 Å². The molecule has 5 nitrogen and oxygen atoms in total. The van der Waals surface area contributed by atoms with E-state index in [-0.39, 0.29) is 28.0 Å². The summed E-state index contributed by atoms with van der Waals surface area (Å²) in [7, 11) is 0. The van der Waals surface area contributed by atoms with Crippen molar-refractivity contribution in [3.63, 3.8) is 0 Å². The van der Waals surface area contributed by atoms with Crippen LogP contribution in [0.5, 0.6) is 0 Å². The van der Waals surface area contributed by atoms with Crippen LogP contribution in [0.4, 0.5) is 37.8 Å². The van der Waals surface area contributed by atoms with E-state index < -0.39 is 29.3 Å². The molecule has 3 aromatic heterocycles. The Labute approximate surface area is 175 Å². The van der Waals surface area contributed by atoms with Gasteiger partial charge in [-0.25, -0.2) is 15.0 Å². The zero-order valence-electron chi connectivity index (χ0n) is 15.1. The molecule has 4 rings (SSSR count). The number of benzene rings is 1. The minimum atomic E-state index is -4.78. The van der Waals surface area contributed by atoms with Crippen molar-refractivity contribution in [2.24, 2.45) is 0 Å². The van der Waals surface area contributed by atoms with Crippen LogP contribution in [0.1, 0.15) is 11.3 Å². The maximum absolute atomic E-state index is 13.6. The van der Waals surface area contributed by atoms with Crippen molar-refractivity contribution < 1.29 is 26.3 Å². The maximum atomic E-state index is 13.6. The van der Waals surface area contributed by atoms with Crippen LogP contribution in [0, 0.1) is 0 Å². The van der Waals surface area contributed by atoms with Gasteiger partial charge in [-0.2, -0.15) is 26.3 Å². The molecule has 160 valence electrons. The monoisotopic (exact) mass is 457 g/mol. The molecule has 3 heterocycles. The van der Waals surface area contributed by atoms with Crippen LogP contribution in [0.2, 0.25) is 5.02 Å². The Bertz CT molecular complexity index is 1250. The summed E-state index contributed by atoms with van der Waals surface area (Å²) in [6.45, 7) is 0. The van der Waals surface area contributed by atoms with Crippen molar-refractivity contribution in [1.82, 2.24) is 19.4 Å². The summed E-state index contributed by atoms with van der Waals surface area (Å²) in [5.41, 5.74) is -2.19. The molecule has 0 spiro atoms. The average Bonchev–Trinajstić information content (AvgIpc) is 3.07. The number of hydrogen-bond acceptors (Lipinski definition) is 4. The number of hydrogen-bond donors (Lipinski definition) is 1. The van der Waals surface area contributed by atoms with Crippen LogP contribution in [0.25, 0.3) is 17.2 Å². The number of halogens is 7. The zero-order valence-corrected chi connectivity index (χ0v) is 15.9. The van der Waals surface area contributed by atoms with Crippen molar-refractivity contribution in [2.75, 3.05) is 5.32 Å². The number of rotatable bonds is 3. The lowest BCUT2D eigenvalue weighted by molar-refractivity contribution is -0.140. The van der Waals surface area contributed by atoms with Gasteiger partial charge in [-0.3, -0.25) is 4.40 Å². The Morgan fingerprint density at radius 3 is 2.19 bits per heavy atom. The molecule has 4 aromatic rings. The molecule has 0 aliphatic heterocycles. The van der Waals surface area contributed by atoms with E-state index in [1.54, 1.807) is 0 Å².